The Morgan fingerprint density at radius 1 is 0.650 bits per heavy atom. The molecule has 2 nitrogen and oxygen atoms in total. The Morgan fingerprint density at radius 2 is 1.10 bits per heavy atom. The molecular formula is C18H16O2. The van der Waals surface area contributed by atoms with Crippen molar-refractivity contribution in [1.82, 2.24) is 0 Å². The first-order valence-electron chi connectivity index (χ1n) is 6.54. The number of methoxy groups -OCH3 is 2. The minimum Gasteiger partial charge on any atom is -0.496 e. The third-order valence-electron chi connectivity index (χ3n) is 3.47. The number of ether oxygens (including phenoxy) is 2. The summed E-state index contributed by atoms with van der Waals surface area (Å²) in [5.41, 5.74) is 0. The van der Waals surface area contributed by atoms with Gasteiger partial charge in [0.25, 0.3) is 0 Å². The van der Waals surface area contributed by atoms with E-state index in [1.807, 2.05) is 36.4 Å². The fourth-order valence-electron chi connectivity index (χ4n) is 2.57. The lowest BCUT2D eigenvalue weighted by Crippen LogP contribution is -2.12. The molecule has 0 saturated heterocycles. The maximum absolute atomic E-state index is 5.55. The van der Waals surface area contributed by atoms with Crippen LogP contribution in [0.2, 0.25) is 0 Å². The summed E-state index contributed by atoms with van der Waals surface area (Å²) in [6, 6.07) is 12.1. The molecule has 1 aliphatic carbocycles. The molecule has 0 radical (unpaired) electrons. The van der Waals surface area contributed by atoms with Crippen molar-refractivity contribution in [2.45, 2.75) is 0 Å². The molecule has 20 heavy (non-hydrogen) atoms. The molecule has 0 spiro atoms. The van der Waals surface area contributed by atoms with Gasteiger partial charge in [0.2, 0.25) is 0 Å². The Morgan fingerprint density at radius 3 is 1.50 bits per heavy atom. The van der Waals surface area contributed by atoms with E-state index in [4.69, 9.17) is 9.47 Å². The Labute approximate surface area is 117 Å². The zero-order valence-corrected chi connectivity index (χ0v) is 11.6. The van der Waals surface area contributed by atoms with Gasteiger partial charge in [-0.1, -0.05) is 48.6 Å². The molecule has 0 aromatic heterocycles. The van der Waals surface area contributed by atoms with E-state index in [-0.39, 0.29) is 0 Å². The highest BCUT2D eigenvalue weighted by Crippen LogP contribution is 2.15. The second-order valence-corrected chi connectivity index (χ2v) is 4.57. The molecule has 2 aromatic carbocycles. The van der Waals surface area contributed by atoms with E-state index in [0.29, 0.717) is 0 Å². The van der Waals surface area contributed by atoms with Crippen molar-refractivity contribution >= 4 is 12.2 Å². The molecule has 0 fully saturated rings. The largest absolute Gasteiger partial charge is 0.496 e. The molecule has 100 valence electrons. The summed E-state index contributed by atoms with van der Waals surface area (Å²) >= 11 is 0. The Kier molecular flexibility index (Phi) is 3.30. The van der Waals surface area contributed by atoms with Gasteiger partial charge in [-0.25, -0.2) is 0 Å². The number of hydrogen-bond donors (Lipinski definition) is 0. The Bertz CT molecular complexity index is 803. The summed E-state index contributed by atoms with van der Waals surface area (Å²) in [5.74, 6) is 1.71. The highest BCUT2D eigenvalue weighted by Gasteiger charge is 2.03. The van der Waals surface area contributed by atoms with Gasteiger partial charge in [0, 0.05) is 10.4 Å². The fourth-order valence-corrected chi connectivity index (χ4v) is 2.57. The molecular weight excluding hydrogens is 248 g/mol. The molecule has 0 heterocycles. The van der Waals surface area contributed by atoms with Crippen LogP contribution in [-0.4, -0.2) is 14.2 Å². The van der Waals surface area contributed by atoms with Crippen LogP contribution in [0.5, 0.6) is 11.5 Å². The molecule has 2 heteroatoms. The van der Waals surface area contributed by atoms with Crippen molar-refractivity contribution in [3.63, 3.8) is 0 Å². The summed E-state index contributed by atoms with van der Waals surface area (Å²) in [6.07, 6.45) is 8.26. The number of benzene rings is 2. The predicted octanol–water partition coefficient (Wildman–Crippen LogP) is 2.12. The molecule has 3 rings (SSSR count). The van der Waals surface area contributed by atoms with Crippen LogP contribution in [0.1, 0.15) is 0 Å². The van der Waals surface area contributed by atoms with Gasteiger partial charge in [0.05, 0.1) is 14.2 Å². The summed E-state index contributed by atoms with van der Waals surface area (Å²) in [6.45, 7) is 0. The van der Waals surface area contributed by atoms with Crippen LogP contribution in [0.15, 0.2) is 48.6 Å². The van der Waals surface area contributed by atoms with Crippen LogP contribution < -0.4 is 19.9 Å². The standard InChI is InChI=1S/C18H16O2/c1-19-15-11-5-9-13-7-3-4-8-14-10-6-12-16(20-2)18(14)17(13)15/h3-12H,1-2H3/b4-3-,7-3?,8-4?,13-7-,14-8-,18-17-. The third kappa shape index (κ3) is 1.99. The van der Waals surface area contributed by atoms with Crippen LogP contribution in [0.25, 0.3) is 12.2 Å². The normalized spacial score (nSPS) is 18.9. The molecule has 0 unspecified atom stereocenters. The summed E-state index contributed by atoms with van der Waals surface area (Å²) < 4.78 is 11.1. The molecule has 0 aliphatic heterocycles. The Hall–Kier alpha value is -2.48. The van der Waals surface area contributed by atoms with Gasteiger partial charge in [-0.3, -0.25) is 0 Å². The topological polar surface area (TPSA) is 18.5 Å². The fraction of sp³-hybridized carbons (Fsp3) is 0.111. The van der Waals surface area contributed by atoms with Gasteiger partial charge in [-0.2, -0.15) is 0 Å². The van der Waals surface area contributed by atoms with Crippen molar-refractivity contribution in [3.8, 4) is 11.5 Å². The smallest absolute Gasteiger partial charge is 0.127 e. The summed E-state index contributed by atoms with van der Waals surface area (Å²) in [5, 5.41) is 4.39. The zero-order chi connectivity index (χ0) is 13.9. The molecule has 0 saturated carbocycles. The van der Waals surface area contributed by atoms with Crippen LogP contribution >= 0.6 is 0 Å². The second kappa shape index (κ2) is 5.25. The van der Waals surface area contributed by atoms with E-state index in [0.717, 1.165) is 32.4 Å². The third-order valence-corrected chi connectivity index (χ3v) is 3.47. The maximum Gasteiger partial charge on any atom is 0.127 e. The minimum absolute atomic E-state index is 0.855. The van der Waals surface area contributed by atoms with Crippen LogP contribution in [-0.2, 0) is 0 Å². The number of rotatable bonds is 2. The van der Waals surface area contributed by atoms with E-state index in [9.17, 15) is 0 Å². The monoisotopic (exact) mass is 264 g/mol. The van der Waals surface area contributed by atoms with Gasteiger partial charge in [-0.05, 0) is 22.6 Å². The summed E-state index contributed by atoms with van der Waals surface area (Å²) in [4.78, 5) is 0. The molecule has 2 aromatic rings. The average molecular weight is 264 g/mol. The lowest BCUT2D eigenvalue weighted by molar-refractivity contribution is 0.404. The maximum atomic E-state index is 5.55. The van der Waals surface area contributed by atoms with Crippen molar-refractivity contribution in [3.05, 3.63) is 69.4 Å². The predicted molar refractivity (Wildman–Crippen MR) is 81.0 cm³/mol. The van der Waals surface area contributed by atoms with Gasteiger partial charge < -0.3 is 9.47 Å². The zero-order valence-electron chi connectivity index (χ0n) is 11.6. The lowest BCUT2D eigenvalue weighted by atomic mass is 10.1. The van der Waals surface area contributed by atoms with Crippen molar-refractivity contribution in [2.75, 3.05) is 14.2 Å². The van der Waals surface area contributed by atoms with Crippen LogP contribution in [0.4, 0.5) is 0 Å². The first kappa shape index (κ1) is 12.5. The number of allylic oxidation sites excluding steroid dienone is 2. The first-order chi connectivity index (χ1) is 9.85. The van der Waals surface area contributed by atoms with E-state index < -0.39 is 0 Å². The highest BCUT2D eigenvalue weighted by molar-refractivity contribution is 5.52. The van der Waals surface area contributed by atoms with Crippen LogP contribution in [0.3, 0.4) is 0 Å². The van der Waals surface area contributed by atoms with Gasteiger partial charge in [-0.15, -0.1) is 0 Å². The van der Waals surface area contributed by atoms with Crippen molar-refractivity contribution in [2.24, 2.45) is 0 Å². The van der Waals surface area contributed by atoms with E-state index >= 15 is 0 Å². The second-order valence-electron chi connectivity index (χ2n) is 4.57. The molecule has 0 N–H and O–H groups in total. The van der Waals surface area contributed by atoms with E-state index in [1.54, 1.807) is 14.2 Å². The van der Waals surface area contributed by atoms with E-state index in [1.165, 1.54) is 0 Å². The van der Waals surface area contributed by atoms with Crippen molar-refractivity contribution in [1.29, 1.82) is 0 Å². The van der Waals surface area contributed by atoms with Crippen LogP contribution in [0, 0.1) is 10.4 Å². The minimum atomic E-state index is 0.855. The molecule has 0 bridgehead atoms. The lowest BCUT2D eigenvalue weighted by Gasteiger charge is -2.07. The molecule has 1 aliphatic rings. The van der Waals surface area contributed by atoms with Gasteiger partial charge in [0.15, 0.2) is 0 Å². The Balaban J connectivity index is 2.75. The average Bonchev–Trinajstić information content (AvgIpc) is 2.48. The SMILES string of the molecule is COc1cccc2/c1=c1/c(OC)ccc/c1=C/C=C\C=2. The van der Waals surface area contributed by atoms with Crippen molar-refractivity contribution < 1.29 is 9.47 Å². The highest BCUT2D eigenvalue weighted by atomic mass is 16.5. The van der Waals surface area contributed by atoms with E-state index in [2.05, 4.69) is 24.3 Å². The summed E-state index contributed by atoms with van der Waals surface area (Å²) in [7, 11) is 3.39. The number of fused-ring (bicyclic) bond motifs is 2. The number of hydrogen-bond acceptors (Lipinski definition) is 2. The quantitative estimate of drug-likeness (QED) is 0.827. The molecule has 0 amide bonds. The van der Waals surface area contributed by atoms with Gasteiger partial charge in [0.1, 0.15) is 11.5 Å². The first-order valence-corrected chi connectivity index (χ1v) is 6.54. The molecule has 0 atom stereocenters. The van der Waals surface area contributed by atoms with Gasteiger partial charge >= 0.3 is 0 Å².